The highest BCUT2D eigenvalue weighted by Crippen LogP contribution is 2.12. The second-order valence-electron chi connectivity index (χ2n) is 3.68. The zero-order valence-electron chi connectivity index (χ0n) is 10.7. The number of hydrogen-bond acceptors (Lipinski definition) is 6. The lowest BCUT2D eigenvalue weighted by molar-refractivity contribution is 0.238. The fraction of sp³-hybridized carbons (Fsp3) is 0.400. The van der Waals surface area contributed by atoms with Crippen molar-refractivity contribution in [2.45, 2.75) is 6.92 Å². The second kappa shape index (κ2) is 6.59. The van der Waals surface area contributed by atoms with Crippen LogP contribution in [0.1, 0.15) is 6.92 Å². The zero-order valence-corrected chi connectivity index (χ0v) is 10.7. The number of urea groups is 1. The van der Waals surface area contributed by atoms with Crippen molar-refractivity contribution in [1.29, 1.82) is 5.41 Å². The Morgan fingerprint density at radius 3 is 2.89 bits per heavy atom. The number of nitrogens with zero attached hydrogens (tertiary/aromatic N) is 3. The first-order valence-electron chi connectivity index (χ1n) is 5.52. The number of halogens is 1. The molecule has 5 N–H and O–H groups in total. The molecule has 0 atom stereocenters. The van der Waals surface area contributed by atoms with Gasteiger partial charge in [0.25, 0.3) is 0 Å². The van der Waals surface area contributed by atoms with Crippen LogP contribution < -0.4 is 16.4 Å². The van der Waals surface area contributed by atoms with Gasteiger partial charge in [0.1, 0.15) is 5.84 Å². The van der Waals surface area contributed by atoms with E-state index in [1.807, 2.05) is 0 Å². The number of carbonyl (C=O) groups excluding carboxylic acids is 1. The molecule has 0 fully saturated rings. The summed E-state index contributed by atoms with van der Waals surface area (Å²) in [6.07, 6.45) is 0.943. The molecular formula is C10H16FN7O. The maximum atomic E-state index is 13.5. The first kappa shape index (κ1) is 14.8. The van der Waals surface area contributed by atoms with Crippen molar-refractivity contribution in [3.8, 4) is 0 Å². The highest BCUT2D eigenvalue weighted by molar-refractivity contribution is 6.00. The summed E-state index contributed by atoms with van der Waals surface area (Å²) in [6.45, 7) is 2.24. The molecule has 0 saturated carbocycles. The lowest BCUT2D eigenvalue weighted by Gasteiger charge is -2.16. The summed E-state index contributed by atoms with van der Waals surface area (Å²) in [5.41, 5.74) is 5.31. The van der Waals surface area contributed by atoms with Crippen molar-refractivity contribution in [3.05, 3.63) is 12.0 Å². The molecule has 0 aliphatic carbocycles. The van der Waals surface area contributed by atoms with Gasteiger partial charge in [-0.05, 0) is 6.92 Å². The van der Waals surface area contributed by atoms with Gasteiger partial charge in [0.2, 0.25) is 5.95 Å². The molecule has 0 aliphatic heterocycles. The largest absolute Gasteiger partial charge is 0.353 e. The zero-order chi connectivity index (χ0) is 14.4. The van der Waals surface area contributed by atoms with Gasteiger partial charge in [-0.15, -0.1) is 0 Å². The average Bonchev–Trinajstić information content (AvgIpc) is 2.38. The van der Waals surface area contributed by atoms with E-state index in [4.69, 9.17) is 11.1 Å². The van der Waals surface area contributed by atoms with Crippen molar-refractivity contribution >= 4 is 23.6 Å². The predicted molar refractivity (Wildman–Crippen MR) is 69.7 cm³/mol. The molecule has 2 amide bonds. The molecule has 0 unspecified atom stereocenters. The minimum absolute atomic E-state index is 0.0217. The van der Waals surface area contributed by atoms with E-state index in [1.54, 1.807) is 0 Å². The lowest BCUT2D eigenvalue weighted by Crippen LogP contribution is -2.35. The molecule has 19 heavy (non-hydrogen) atoms. The van der Waals surface area contributed by atoms with Crippen LogP contribution in [0.5, 0.6) is 0 Å². The van der Waals surface area contributed by atoms with E-state index in [-0.39, 0.29) is 17.6 Å². The number of anilines is 2. The van der Waals surface area contributed by atoms with Gasteiger partial charge in [-0.2, -0.15) is 4.98 Å². The van der Waals surface area contributed by atoms with Gasteiger partial charge in [-0.3, -0.25) is 15.6 Å². The van der Waals surface area contributed by atoms with E-state index in [0.29, 0.717) is 13.1 Å². The van der Waals surface area contributed by atoms with Gasteiger partial charge in [-0.1, -0.05) is 0 Å². The number of rotatable bonds is 4. The lowest BCUT2D eigenvalue weighted by atomic mass is 10.5. The normalized spacial score (nSPS) is 9.89. The Morgan fingerprint density at radius 1 is 1.63 bits per heavy atom. The Hall–Kier alpha value is -2.29. The van der Waals surface area contributed by atoms with Gasteiger partial charge in [0.15, 0.2) is 11.6 Å². The molecule has 1 rings (SSSR count). The molecular weight excluding hydrogens is 253 g/mol. The quantitative estimate of drug-likeness (QED) is 0.467. The molecule has 1 aromatic rings. The summed E-state index contributed by atoms with van der Waals surface area (Å²) in [5, 5.41) is 12.3. The first-order valence-corrected chi connectivity index (χ1v) is 5.52. The molecule has 0 radical (unpaired) electrons. The van der Waals surface area contributed by atoms with Crippen LogP contribution in [-0.2, 0) is 0 Å². The Bertz CT molecular complexity index is 479. The standard InChI is InChI=1S/C10H16FN7O/c1-6(13)18(2)10(19)17-8-7(11)5-15-9(16-8)14-4-3-12/h5,13H,3-4,12H2,1-2H3,(H2,14,15,16,17,19). The molecule has 0 bridgehead atoms. The van der Waals surface area contributed by atoms with Crippen molar-refractivity contribution < 1.29 is 9.18 Å². The summed E-state index contributed by atoms with van der Waals surface area (Å²) in [6, 6.07) is -0.658. The fourth-order valence-corrected chi connectivity index (χ4v) is 1.06. The molecule has 9 heteroatoms. The number of amidine groups is 1. The predicted octanol–water partition coefficient (Wildman–Crippen LogP) is 0.447. The molecule has 104 valence electrons. The van der Waals surface area contributed by atoms with Crippen molar-refractivity contribution in [3.63, 3.8) is 0 Å². The summed E-state index contributed by atoms with van der Waals surface area (Å²) in [4.78, 5) is 20.2. The number of hydrogen-bond donors (Lipinski definition) is 4. The first-order chi connectivity index (χ1) is 8.95. The third kappa shape index (κ3) is 4.14. The van der Waals surface area contributed by atoms with Crippen LogP contribution in [0.25, 0.3) is 0 Å². The molecule has 0 aliphatic rings. The Morgan fingerprint density at radius 2 is 2.32 bits per heavy atom. The highest BCUT2D eigenvalue weighted by atomic mass is 19.1. The Balaban J connectivity index is 2.82. The van der Waals surface area contributed by atoms with Crippen molar-refractivity contribution in [1.82, 2.24) is 14.9 Å². The minimum Gasteiger partial charge on any atom is -0.353 e. The maximum absolute atomic E-state index is 13.5. The summed E-state index contributed by atoms with van der Waals surface area (Å²) < 4.78 is 13.5. The minimum atomic E-state index is -0.761. The van der Waals surface area contributed by atoms with Crippen molar-refractivity contribution in [2.24, 2.45) is 5.73 Å². The third-order valence-corrected chi connectivity index (χ3v) is 2.20. The van der Waals surface area contributed by atoms with Crippen LogP contribution in [0, 0.1) is 11.2 Å². The van der Waals surface area contributed by atoms with E-state index >= 15 is 0 Å². The van der Waals surface area contributed by atoms with Crippen LogP contribution in [0.2, 0.25) is 0 Å². The van der Waals surface area contributed by atoms with E-state index in [9.17, 15) is 9.18 Å². The number of aromatic nitrogens is 2. The molecule has 1 aromatic heterocycles. The second-order valence-corrected chi connectivity index (χ2v) is 3.68. The van der Waals surface area contributed by atoms with Crippen LogP contribution in [0.3, 0.4) is 0 Å². The fourth-order valence-electron chi connectivity index (χ4n) is 1.06. The SMILES string of the molecule is CC(=N)N(C)C(=O)Nc1nc(NCCN)ncc1F. The summed E-state index contributed by atoms with van der Waals surface area (Å²) in [5.74, 6) is -0.833. The van der Waals surface area contributed by atoms with Gasteiger partial charge >= 0.3 is 6.03 Å². The van der Waals surface area contributed by atoms with Crippen LogP contribution in [0.15, 0.2) is 6.20 Å². The summed E-state index contributed by atoms with van der Waals surface area (Å²) in [7, 11) is 1.39. The maximum Gasteiger partial charge on any atom is 0.328 e. The molecule has 8 nitrogen and oxygen atoms in total. The van der Waals surface area contributed by atoms with Gasteiger partial charge in [-0.25, -0.2) is 14.2 Å². The van der Waals surface area contributed by atoms with Gasteiger partial charge in [0.05, 0.1) is 6.20 Å². The smallest absolute Gasteiger partial charge is 0.328 e. The average molecular weight is 269 g/mol. The monoisotopic (exact) mass is 269 g/mol. The molecule has 0 spiro atoms. The molecule has 0 saturated heterocycles. The number of amides is 2. The van der Waals surface area contributed by atoms with Crippen LogP contribution in [-0.4, -0.2) is 46.9 Å². The van der Waals surface area contributed by atoms with E-state index in [2.05, 4.69) is 20.6 Å². The number of carbonyl (C=O) groups is 1. The summed E-state index contributed by atoms with van der Waals surface area (Å²) >= 11 is 0. The topological polar surface area (TPSA) is 120 Å². The van der Waals surface area contributed by atoms with Gasteiger partial charge in [0, 0.05) is 20.1 Å². The van der Waals surface area contributed by atoms with E-state index in [1.165, 1.54) is 14.0 Å². The molecule has 0 aromatic carbocycles. The third-order valence-electron chi connectivity index (χ3n) is 2.20. The number of nitrogens with two attached hydrogens (primary N) is 1. The Kier molecular flexibility index (Phi) is 5.12. The Labute approximate surface area is 109 Å². The van der Waals surface area contributed by atoms with Crippen molar-refractivity contribution in [2.75, 3.05) is 30.8 Å². The van der Waals surface area contributed by atoms with E-state index in [0.717, 1.165) is 11.1 Å². The van der Waals surface area contributed by atoms with Crippen LogP contribution in [0.4, 0.5) is 21.0 Å². The molecule has 1 heterocycles. The number of nitrogens with one attached hydrogen (secondary N) is 3. The van der Waals surface area contributed by atoms with E-state index < -0.39 is 11.8 Å². The highest BCUT2D eigenvalue weighted by Gasteiger charge is 2.14. The van der Waals surface area contributed by atoms with Gasteiger partial charge < -0.3 is 11.1 Å². The van der Waals surface area contributed by atoms with Crippen LogP contribution >= 0.6 is 0 Å².